The summed E-state index contributed by atoms with van der Waals surface area (Å²) < 4.78 is 10.4. The molecule has 0 bridgehead atoms. The zero-order valence-corrected chi connectivity index (χ0v) is 21.7. The second-order valence-corrected chi connectivity index (χ2v) is 9.54. The Morgan fingerprint density at radius 3 is 2.00 bits per heavy atom. The van der Waals surface area contributed by atoms with E-state index in [1.807, 2.05) is 24.3 Å². The summed E-state index contributed by atoms with van der Waals surface area (Å²) in [5.74, 6) is 0.0885. The second kappa shape index (κ2) is 12.3. The fourth-order valence-electron chi connectivity index (χ4n) is 3.28. The van der Waals surface area contributed by atoms with Crippen LogP contribution >= 0.6 is 12.2 Å². The molecule has 3 rings (SSSR count). The molecule has 0 aliphatic carbocycles. The molecular formula is C28H31N3O4S. The third kappa shape index (κ3) is 7.90. The Kier molecular flexibility index (Phi) is 9.16. The van der Waals surface area contributed by atoms with Crippen LogP contribution in [0.4, 0.5) is 11.4 Å². The Bertz CT molecular complexity index is 1200. The molecule has 7 nitrogen and oxygen atoms in total. The van der Waals surface area contributed by atoms with Gasteiger partial charge in [0.2, 0.25) is 0 Å². The number of ether oxygens (including phenoxy) is 2. The van der Waals surface area contributed by atoms with E-state index in [2.05, 4.69) is 36.7 Å². The van der Waals surface area contributed by atoms with Crippen molar-refractivity contribution in [1.82, 2.24) is 5.32 Å². The van der Waals surface area contributed by atoms with Crippen molar-refractivity contribution in [2.45, 2.75) is 26.2 Å². The van der Waals surface area contributed by atoms with E-state index < -0.39 is 0 Å². The number of thiocarbonyl (C=S) groups is 1. The average molecular weight is 506 g/mol. The predicted molar refractivity (Wildman–Crippen MR) is 147 cm³/mol. The van der Waals surface area contributed by atoms with Crippen LogP contribution in [0.2, 0.25) is 0 Å². The van der Waals surface area contributed by atoms with E-state index >= 15 is 0 Å². The number of hydrogen-bond donors (Lipinski definition) is 3. The van der Waals surface area contributed by atoms with Crippen LogP contribution in [0.1, 0.15) is 47.1 Å². The lowest BCUT2D eigenvalue weighted by atomic mass is 9.87. The maximum atomic E-state index is 12.7. The molecule has 0 saturated heterocycles. The number of benzene rings is 3. The third-order valence-electron chi connectivity index (χ3n) is 5.29. The maximum absolute atomic E-state index is 12.7. The lowest BCUT2D eigenvalue weighted by Crippen LogP contribution is -2.34. The van der Waals surface area contributed by atoms with Gasteiger partial charge in [-0.15, -0.1) is 0 Å². The van der Waals surface area contributed by atoms with Crippen LogP contribution in [0, 0.1) is 0 Å². The number of anilines is 2. The van der Waals surface area contributed by atoms with Crippen LogP contribution in [0.25, 0.3) is 0 Å². The highest BCUT2D eigenvalue weighted by Gasteiger charge is 2.15. The highest BCUT2D eigenvalue weighted by molar-refractivity contribution is 7.80. The van der Waals surface area contributed by atoms with E-state index in [0.717, 1.165) is 5.56 Å². The monoisotopic (exact) mass is 505 g/mol. The molecular weight excluding hydrogens is 474 g/mol. The highest BCUT2D eigenvalue weighted by Crippen LogP contribution is 2.23. The summed E-state index contributed by atoms with van der Waals surface area (Å²) in [6, 6.07) is 21.4. The van der Waals surface area contributed by atoms with Gasteiger partial charge in [0.15, 0.2) is 5.11 Å². The minimum atomic E-state index is -0.348. The largest absolute Gasteiger partial charge is 0.491 e. The first-order valence-corrected chi connectivity index (χ1v) is 11.9. The minimum Gasteiger partial charge on any atom is -0.491 e. The molecule has 3 aromatic carbocycles. The van der Waals surface area contributed by atoms with Gasteiger partial charge in [-0.2, -0.15) is 0 Å². The number of hydrogen-bond acceptors (Lipinski definition) is 5. The van der Waals surface area contributed by atoms with Crippen molar-refractivity contribution in [3.63, 3.8) is 0 Å². The van der Waals surface area contributed by atoms with Gasteiger partial charge < -0.3 is 20.1 Å². The van der Waals surface area contributed by atoms with Crippen molar-refractivity contribution in [2.75, 3.05) is 31.0 Å². The molecule has 36 heavy (non-hydrogen) atoms. The van der Waals surface area contributed by atoms with Crippen molar-refractivity contribution in [2.24, 2.45) is 0 Å². The van der Waals surface area contributed by atoms with Crippen LogP contribution < -0.4 is 20.7 Å². The van der Waals surface area contributed by atoms with Gasteiger partial charge in [0.25, 0.3) is 11.8 Å². The van der Waals surface area contributed by atoms with Crippen molar-refractivity contribution in [3.05, 3.63) is 89.5 Å². The second-order valence-electron chi connectivity index (χ2n) is 9.14. The molecule has 0 saturated carbocycles. The van der Waals surface area contributed by atoms with Gasteiger partial charge in [0.1, 0.15) is 12.4 Å². The summed E-state index contributed by atoms with van der Waals surface area (Å²) in [4.78, 5) is 25.2. The fourth-order valence-corrected chi connectivity index (χ4v) is 3.49. The molecule has 0 aromatic heterocycles. The predicted octanol–water partition coefficient (Wildman–Crippen LogP) is 5.39. The Hall–Kier alpha value is -3.75. The van der Waals surface area contributed by atoms with Crippen LogP contribution in [-0.2, 0) is 10.2 Å². The lowest BCUT2D eigenvalue weighted by molar-refractivity contribution is 0.0976. The van der Waals surface area contributed by atoms with Crippen molar-refractivity contribution < 1.29 is 19.1 Å². The average Bonchev–Trinajstić information content (AvgIpc) is 2.84. The van der Waals surface area contributed by atoms with E-state index in [1.165, 1.54) is 0 Å². The number of nitrogens with one attached hydrogen (secondary N) is 3. The molecule has 0 unspecified atom stereocenters. The molecule has 0 fully saturated rings. The van der Waals surface area contributed by atoms with E-state index in [9.17, 15) is 9.59 Å². The molecule has 8 heteroatoms. The molecule has 0 heterocycles. The minimum absolute atomic E-state index is 0.0186. The summed E-state index contributed by atoms with van der Waals surface area (Å²) in [6.45, 7) is 7.30. The van der Waals surface area contributed by atoms with Gasteiger partial charge in [-0.05, 0) is 77.8 Å². The quantitative estimate of drug-likeness (QED) is 0.281. The summed E-state index contributed by atoms with van der Waals surface area (Å²) in [6.07, 6.45) is 0. The van der Waals surface area contributed by atoms with Crippen LogP contribution in [0.5, 0.6) is 5.75 Å². The van der Waals surface area contributed by atoms with Crippen LogP contribution in [0.3, 0.4) is 0 Å². The normalized spacial score (nSPS) is 10.9. The number of carbonyl (C=O) groups is 2. The lowest BCUT2D eigenvalue weighted by Gasteiger charge is -2.19. The van der Waals surface area contributed by atoms with E-state index in [4.69, 9.17) is 21.7 Å². The van der Waals surface area contributed by atoms with Crippen molar-refractivity contribution >= 4 is 40.5 Å². The zero-order chi connectivity index (χ0) is 26.1. The summed E-state index contributed by atoms with van der Waals surface area (Å²) in [7, 11) is 1.60. The molecule has 3 N–H and O–H groups in total. The van der Waals surface area contributed by atoms with Crippen LogP contribution in [0.15, 0.2) is 72.8 Å². The van der Waals surface area contributed by atoms with Gasteiger partial charge >= 0.3 is 0 Å². The Balaban J connectivity index is 1.55. The standard InChI is InChI=1S/C28H31N3O4S/c1-28(2,3)21-12-8-19(9-13-21)25(32)29-22-6-5-7-23(18-22)30-27(36)31-26(33)20-10-14-24(15-11-20)35-17-16-34-4/h5-15,18H,16-17H2,1-4H3,(H,29,32)(H2,30,31,33,36). The first-order chi connectivity index (χ1) is 17.2. The molecule has 2 amide bonds. The molecule has 3 aromatic rings. The van der Waals surface area contributed by atoms with E-state index in [1.54, 1.807) is 55.6 Å². The SMILES string of the molecule is COCCOc1ccc(C(=O)NC(=S)Nc2cccc(NC(=O)c3ccc(C(C)(C)C)cc3)c2)cc1. The Morgan fingerprint density at radius 2 is 1.39 bits per heavy atom. The zero-order valence-electron chi connectivity index (χ0n) is 20.9. The topological polar surface area (TPSA) is 88.7 Å². The third-order valence-corrected chi connectivity index (χ3v) is 5.50. The number of amides is 2. The Morgan fingerprint density at radius 1 is 0.806 bits per heavy atom. The van der Waals surface area contributed by atoms with Crippen molar-refractivity contribution in [1.29, 1.82) is 0 Å². The van der Waals surface area contributed by atoms with Crippen molar-refractivity contribution in [3.8, 4) is 5.75 Å². The van der Waals surface area contributed by atoms with E-state index in [0.29, 0.717) is 41.5 Å². The molecule has 0 radical (unpaired) electrons. The number of rotatable bonds is 8. The molecule has 0 spiro atoms. The van der Waals surface area contributed by atoms with Crippen LogP contribution in [-0.4, -0.2) is 37.3 Å². The first-order valence-electron chi connectivity index (χ1n) is 11.5. The molecule has 0 aliphatic rings. The summed E-state index contributed by atoms with van der Waals surface area (Å²) in [5.41, 5.74) is 3.42. The van der Waals surface area contributed by atoms with Gasteiger partial charge in [-0.3, -0.25) is 14.9 Å². The smallest absolute Gasteiger partial charge is 0.257 e. The Labute approximate surface area is 217 Å². The molecule has 188 valence electrons. The molecule has 0 aliphatic heterocycles. The number of methoxy groups -OCH3 is 1. The summed E-state index contributed by atoms with van der Waals surface area (Å²) in [5, 5.41) is 8.66. The van der Waals surface area contributed by atoms with Gasteiger partial charge in [0, 0.05) is 29.6 Å². The summed E-state index contributed by atoms with van der Waals surface area (Å²) >= 11 is 5.29. The van der Waals surface area contributed by atoms with Gasteiger partial charge in [0.05, 0.1) is 6.61 Å². The molecule has 0 atom stereocenters. The number of carbonyl (C=O) groups excluding carboxylic acids is 2. The highest BCUT2D eigenvalue weighted by atomic mass is 32.1. The maximum Gasteiger partial charge on any atom is 0.257 e. The fraction of sp³-hybridized carbons (Fsp3) is 0.250. The van der Waals surface area contributed by atoms with Gasteiger partial charge in [-0.25, -0.2) is 0 Å². The van der Waals surface area contributed by atoms with Gasteiger partial charge in [-0.1, -0.05) is 39.0 Å². The van der Waals surface area contributed by atoms with E-state index in [-0.39, 0.29) is 22.3 Å². The first kappa shape index (κ1) is 26.8.